The molecule has 0 radical (unpaired) electrons. The fourth-order valence-corrected chi connectivity index (χ4v) is 3.09. The SMILES string of the molecule is CC(=O)O.COc1ccc(CNC(=O)[C@H]2CC[C@@H](O)[C@H](NC(=O)CNC(C)=O)C2)cc1. The van der Waals surface area contributed by atoms with Crippen LogP contribution in [0.2, 0.25) is 0 Å². The smallest absolute Gasteiger partial charge is 0.300 e. The van der Waals surface area contributed by atoms with Crippen molar-refractivity contribution in [1.29, 1.82) is 0 Å². The highest BCUT2D eigenvalue weighted by atomic mass is 16.5. The minimum absolute atomic E-state index is 0.0983. The van der Waals surface area contributed by atoms with Crippen molar-refractivity contribution < 1.29 is 34.1 Å². The Kier molecular flexibility index (Phi) is 11.0. The van der Waals surface area contributed by atoms with Crippen LogP contribution in [0.1, 0.15) is 38.7 Å². The van der Waals surface area contributed by atoms with Gasteiger partial charge in [-0.25, -0.2) is 0 Å². The van der Waals surface area contributed by atoms with Crippen LogP contribution in [0.25, 0.3) is 0 Å². The molecular formula is C21H31N3O7. The van der Waals surface area contributed by atoms with E-state index in [1.165, 1.54) is 6.92 Å². The first-order chi connectivity index (χ1) is 14.6. The standard InChI is InChI=1S/C19H27N3O5.C2H4O2/c1-12(23)20-11-18(25)22-16-9-14(5-8-17(16)24)19(26)21-10-13-3-6-15(27-2)7-4-13;1-2(3)4/h3-4,6-7,14,16-17,24H,5,8-11H2,1-2H3,(H,20,23)(H,21,26)(H,22,25);1H3,(H,3,4)/t14-,16+,17+;/m0./s1. The maximum atomic E-state index is 12.5. The van der Waals surface area contributed by atoms with Gasteiger partial charge < -0.3 is 30.9 Å². The van der Waals surface area contributed by atoms with Crippen molar-refractivity contribution >= 4 is 23.7 Å². The number of ether oxygens (including phenoxy) is 1. The van der Waals surface area contributed by atoms with Gasteiger partial charge in [-0.1, -0.05) is 12.1 Å². The van der Waals surface area contributed by atoms with Crippen molar-refractivity contribution in [3.8, 4) is 5.75 Å². The summed E-state index contributed by atoms with van der Waals surface area (Å²) in [6.45, 7) is 2.67. The summed E-state index contributed by atoms with van der Waals surface area (Å²) in [5.74, 6) is -1.14. The monoisotopic (exact) mass is 437 g/mol. The van der Waals surface area contributed by atoms with Crippen molar-refractivity contribution in [2.75, 3.05) is 13.7 Å². The molecule has 0 aromatic heterocycles. The maximum absolute atomic E-state index is 12.5. The molecule has 10 heteroatoms. The molecule has 0 unspecified atom stereocenters. The van der Waals surface area contributed by atoms with Crippen LogP contribution in [-0.2, 0) is 25.7 Å². The Bertz CT molecular complexity index is 748. The highest BCUT2D eigenvalue weighted by molar-refractivity contribution is 5.84. The van der Waals surface area contributed by atoms with Crippen molar-refractivity contribution in [2.45, 2.75) is 51.8 Å². The van der Waals surface area contributed by atoms with Crippen LogP contribution in [0.3, 0.4) is 0 Å². The third-order valence-electron chi connectivity index (χ3n) is 4.65. The number of nitrogens with one attached hydrogen (secondary N) is 3. The third kappa shape index (κ3) is 10.4. The lowest BCUT2D eigenvalue weighted by atomic mass is 9.83. The molecule has 1 aromatic rings. The molecule has 0 aliphatic heterocycles. The quantitative estimate of drug-likeness (QED) is 0.408. The van der Waals surface area contributed by atoms with Gasteiger partial charge in [-0.05, 0) is 37.0 Å². The van der Waals surface area contributed by atoms with Crippen molar-refractivity contribution in [1.82, 2.24) is 16.0 Å². The van der Waals surface area contributed by atoms with E-state index < -0.39 is 18.1 Å². The zero-order chi connectivity index (χ0) is 23.4. The molecule has 1 aromatic carbocycles. The number of aliphatic carboxylic acids is 1. The van der Waals surface area contributed by atoms with E-state index in [0.717, 1.165) is 18.2 Å². The summed E-state index contributed by atoms with van der Waals surface area (Å²) in [5, 5.41) is 25.5. The van der Waals surface area contributed by atoms with Crippen molar-refractivity contribution in [2.24, 2.45) is 5.92 Å². The third-order valence-corrected chi connectivity index (χ3v) is 4.65. The van der Waals surface area contributed by atoms with Crippen LogP contribution < -0.4 is 20.7 Å². The average Bonchev–Trinajstić information content (AvgIpc) is 2.72. The Labute approximate surface area is 181 Å². The van der Waals surface area contributed by atoms with Crippen LogP contribution in [0, 0.1) is 5.92 Å². The van der Waals surface area contributed by atoms with E-state index in [1.54, 1.807) is 7.11 Å². The van der Waals surface area contributed by atoms with Crippen LogP contribution in [-0.4, -0.2) is 59.7 Å². The molecule has 172 valence electrons. The van der Waals surface area contributed by atoms with Gasteiger partial charge in [0.15, 0.2) is 0 Å². The summed E-state index contributed by atoms with van der Waals surface area (Å²) in [6.07, 6.45) is 0.665. The molecule has 0 bridgehead atoms. The van der Waals surface area contributed by atoms with Crippen LogP contribution in [0.5, 0.6) is 5.75 Å². The number of methoxy groups -OCH3 is 1. The van der Waals surface area contributed by atoms with Crippen molar-refractivity contribution in [3.63, 3.8) is 0 Å². The number of hydrogen-bond donors (Lipinski definition) is 5. The number of carbonyl (C=O) groups excluding carboxylic acids is 3. The topological polar surface area (TPSA) is 154 Å². The lowest BCUT2D eigenvalue weighted by molar-refractivity contribution is -0.134. The summed E-state index contributed by atoms with van der Waals surface area (Å²) in [4.78, 5) is 44.2. The van der Waals surface area contributed by atoms with Gasteiger partial charge in [0.05, 0.1) is 25.8 Å². The summed E-state index contributed by atoms with van der Waals surface area (Å²) in [6, 6.07) is 6.93. The number of rotatable bonds is 7. The average molecular weight is 437 g/mol. The number of carboxylic acids is 1. The molecule has 3 atom stereocenters. The first-order valence-electron chi connectivity index (χ1n) is 9.94. The predicted octanol–water partition coefficient (Wildman–Crippen LogP) is 0.184. The molecule has 1 aliphatic carbocycles. The van der Waals surface area contributed by atoms with E-state index in [1.807, 2.05) is 24.3 Å². The van der Waals surface area contributed by atoms with Gasteiger partial charge >= 0.3 is 0 Å². The minimum Gasteiger partial charge on any atom is -0.497 e. The van der Waals surface area contributed by atoms with Gasteiger partial charge in [-0.2, -0.15) is 0 Å². The second-order valence-electron chi connectivity index (χ2n) is 7.25. The molecule has 3 amide bonds. The molecule has 0 heterocycles. The molecule has 10 nitrogen and oxygen atoms in total. The first-order valence-corrected chi connectivity index (χ1v) is 9.94. The number of benzene rings is 1. The predicted molar refractivity (Wildman–Crippen MR) is 112 cm³/mol. The summed E-state index contributed by atoms with van der Waals surface area (Å²) in [5.41, 5.74) is 0.958. The summed E-state index contributed by atoms with van der Waals surface area (Å²) in [7, 11) is 1.60. The Morgan fingerprint density at radius 1 is 1.06 bits per heavy atom. The molecule has 1 aliphatic rings. The van der Waals surface area contributed by atoms with Gasteiger partial charge in [0.25, 0.3) is 5.97 Å². The second kappa shape index (κ2) is 13.2. The fourth-order valence-electron chi connectivity index (χ4n) is 3.09. The lowest BCUT2D eigenvalue weighted by Gasteiger charge is -2.33. The Hall–Kier alpha value is -3.14. The van der Waals surface area contributed by atoms with Gasteiger partial charge in [-0.15, -0.1) is 0 Å². The number of aliphatic hydroxyl groups is 1. The van der Waals surface area contributed by atoms with E-state index in [-0.39, 0.29) is 30.2 Å². The van der Waals surface area contributed by atoms with E-state index in [0.29, 0.717) is 25.8 Å². The number of carbonyl (C=O) groups is 4. The number of hydrogen-bond acceptors (Lipinski definition) is 6. The Balaban J connectivity index is 0.00000110. The molecular weight excluding hydrogens is 406 g/mol. The number of aliphatic hydroxyl groups excluding tert-OH is 1. The molecule has 31 heavy (non-hydrogen) atoms. The molecule has 0 saturated heterocycles. The van der Waals surface area contributed by atoms with Crippen LogP contribution >= 0.6 is 0 Å². The first kappa shape index (κ1) is 25.9. The highest BCUT2D eigenvalue weighted by Crippen LogP contribution is 2.25. The largest absolute Gasteiger partial charge is 0.497 e. The molecule has 1 saturated carbocycles. The van der Waals surface area contributed by atoms with E-state index in [2.05, 4.69) is 16.0 Å². The van der Waals surface area contributed by atoms with E-state index in [4.69, 9.17) is 14.6 Å². The van der Waals surface area contributed by atoms with Crippen LogP contribution in [0.4, 0.5) is 0 Å². The van der Waals surface area contributed by atoms with E-state index >= 15 is 0 Å². The van der Waals surface area contributed by atoms with Gasteiger partial charge in [0, 0.05) is 26.3 Å². The Morgan fingerprint density at radius 3 is 2.23 bits per heavy atom. The van der Waals surface area contributed by atoms with E-state index in [9.17, 15) is 19.5 Å². The van der Waals surface area contributed by atoms with Crippen molar-refractivity contribution in [3.05, 3.63) is 29.8 Å². The molecule has 1 fully saturated rings. The number of amides is 3. The summed E-state index contributed by atoms with van der Waals surface area (Å²) < 4.78 is 5.11. The zero-order valence-corrected chi connectivity index (χ0v) is 18.0. The van der Waals surface area contributed by atoms with Gasteiger partial charge in [-0.3, -0.25) is 19.2 Å². The zero-order valence-electron chi connectivity index (χ0n) is 18.0. The van der Waals surface area contributed by atoms with Crippen LogP contribution in [0.15, 0.2) is 24.3 Å². The lowest BCUT2D eigenvalue weighted by Crippen LogP contribution is -2.51. The fraction of sp³-hybridized carbons (Fsp3) is 0.524. The molecule has 2 rings (SSSR count). The van der Waals surface area contributed by atoms with Gasteiger partial charge in [0.2, 0.25) is 17.7 Å². The number of carboxylic acid groups (broad SMARTS) is 1. The normalized spacial score (nSPS) is 19.8. The Morgan fingerprint density at radius 2 is 1.68 bits per heavy atom. The molecule has 0 spiro atoms. The second-order valence-corrected chi connectivity index (χ2v) is 7.25. The maximum Gasteiger partial charge on any atom is 0.300 e. The highest BCUT2D eigenvalue weighted by Gasteiger charge is 2.33. The minimum atomic E-state index is -0.833. The van der Waals surface area contributed by atoms with Gasteiger partial charge in [0.1, 0.15) is 5.75 Å². The molecule has 5 N–H and O–H groups in total. The summed E-state index contributed by atoms with van der Waals surface area (Å²) >= 11 is 0.